The average Bonchev–Trinajstić information content (AvgIpc) is 2.10. The topological polar surface area (TPSA) is 30.5 Å². The smallest absolute Gasteiger partial charge is 0.172 e. The fraction of sp³-hybridized carbons (Fsp3) is 1.00. The molecule has 0 aliphatic heterocycles. The molecule has 3 nitrogen and oxygen atoms in total. The highest BCUT2D eigenvalue weighted by molar-refractivity contribution is 4.65. The van der Waals surface area contributed by atoms with Crippen molar-refractivity contribution in [2.75, 3.05) is 20.3 Å². The third kappa shape index (κ3) is 6.02. The van der Waals surface area contributed by atoms with Crippen LogP contribution in [-0.4, -0.2) is 32.6 Å². The van der Waals surface area contributed by atoms with Crippen LogP contribution in [0.1, 0.15) is 27.7 Å². The van der Waals surface area contributed by atoms with Gasteiger partial charge >= 0.3 is 0 Å². The van der Waals surface area contributed by atoms with Gasteiger partial charge in [-0.3, -0.25) is 0 Å². The second-order valence-electron chi connectivity index (χ2n) is 3.65. The van der Waals surface area contributed by atoms with E-state index in [1.807, 2.05) is 6.92 Å². The van der Waals surface area contributed by atoms with Crippen molar-refractivity contribution in [3.05, 3.63) is 0 Å². The lowest BCUT2D eigenvalue weighted by Crippen LogP contribution is -2.41. The van der Waals surface area contributed by atoms with Gasteiger partial charge < -0.3 is 14.8 Å². The Bertz CT molecular complexity index is 117. The molecule has 0 fully saturated rings. The van der Waals surface area contributed by atoms with Gasteiger partial charge in [0, 0.05) is 13.7 Å². The van der Waals surface area contributed by atoms with E-state index >= 15 is 0 Å². The predicted octanol–water partition coefficient (Wildman–Crippen LogP) is 1.63. The Hall–Kier alpha value is -0.120. The highest BCUT2D eigenvalue weighted by Gasteiger charge is 2.15. The summed E-state index contributed by atoms with van der Waals surface area (Å²) in [5, 5.41) is 3.37. The molecule has 80 valence electrons. The summed E-state index contributed by atoms with van der Waals surface area (Å²) in [7, 11) is 1.67. The summed E-state index contributed by atoms with van der Waals surface area (Å²) in [6.07, 6.45) is -0.135. The summed E-state index contributed by atoms with van der Waals surface area (Å²) in [5.74, 6) is 0.654. The van der Waals surface area contributed by atoms with Crippen LogP contribution in [0.4, 0.5) is 0 Å². The van der Waals surface area contributed by atoms with Crippen molar-refractivity contribution < 1.29 is 9.47 Å². The second kappa shape index (κ2) is 7.30. The van der Waals surface area contributed by atoms with Crippen molar-refractivity contribution in [2.45, 2.75) is 40.0 Å². The molecule has 0 aromatic rings. The second-order valence-corrected chi connectivity index (χ2v) is 3.65. The molecule has 0 aromatic heterocycles. The summed E-state index contributed by atoms with van der Waals surface area (Å²) in [5.41, 5.74) is 0. The molecule has 0 rings (SSSR count). The van der Waals surface area contributed by atoms with Gasteiger partial charge in [-0.15, -0.1) is 0 Å². The predicted molar refractivity (Wildman–Crippen MR) is 54.7 cm³/mol. The molecule has 0 radical (unpaired) electrons. The molecule has 13 heavy (non-hydrogen) atoms. The Kier molecular flexibility index (Phi) is 7.23. The lowest BCUT2D eigenvalue weighted by atomic mass is 10.2. The zero-order chi connectivity index (χ0) is 10.3. The molecule has 0 spiro atoms. The normalized spacial score (nSPS) is 16.2. The SMILES string of the molecule is CCOC(OC)C(C)NCC(C)C. The van der Waals surface area contributed by atoms with Crippen LogP contribution in [0.25, 0.3) is 0 Å². The van der Waals surface area contributed by atoms with E-state index in [9.17, 15) is 0 Å². The molecule has 2 atom stereocenters. The zero-order valence-electron chi connectivity index (χ0n) is 9.46. The van der Waals surface area contributed by atoms with Crippen LogP contribution in [0.3, 0.4) is 0 Å². The first-order chi connectivity index (χ1) is 6.11. The monoisotopic (exact) mass is 189 g/mol. The number of hydrogen-bond donors (Lipinski definition) is 1. The summed E-state index contributed by atoms with van der Waals surface area (Å²) >= 11 is 0. The Balaban J connectivity index is 3.69. The van der Waals surface area contributed by atoms with Gasteiger partial charge in [-0.05, 0) is 26.3 Å². The van der Waals surface area contributed by atoms with Gasteiger partial charge in [-0.1, -0.05) is 13.8 Å². The van der Waals surface area contributed by atoms with Gasteiger partial charge in [0.25, 0.3) is 0 Å². The van der Waals surface area contributed by atoms with E-state index in [1.165, 1.54) is 0 Å². The van der Waals surface area contributed by atoms with E-state index in [0.29, 0.717) is 12.5 Å². The first kappa shape index (κ1) is 12.9. The van der Waals surface area contributed by atoms with Crippen LogP contribution in [0, 0.1) is 5.92 Å². The van der Waals surface area contributed by atoms with Crippen LogP contribution in [-0.2, 0) is 9.47 Å². The van der Waals surface area contributed by atoms with Crippen LogP contribution >= 0.6 is 0 Å². The van der Waals surface area contributed by atoms with Gasteiger partial charge in [0.05, 0.1) is 6.04 Å². The molecule has 0 aliphatic rings. The number of ether oxygens (including phenoxy) is 2. The van der Waals surface area contributed by atoms with Gasteiger partial charge in [0.15, 0.2) is 6.29 Å². The van der Waals surface area contributed by atoms with Crippen molar-refractivity contribution in [2.24, 2.45) is 5.92 Å². The molecule has 1 N–H and O–H groups in total. The van der Waals surface area contributed by atoms with E-state index in [2.05, 4.69) is 26.1 Å². The lowest BCUT2D eigenvalue weighted by Gasteiger charge is -2.24. The summed E-state index contributed by atoms with van der Waals surface area (Å²) in [4.78, 5) is 0. The summed E-state index contributed by atoms with van der Waals surface area (Å²) < 4.78 is 10.6. The van der Waals surface area contributed by atoms with Gasteiger partial charge in [-0.25, -0.2) is 0 Å². The molecule has 0 aliphatic carbocycles. The van der Waals surface area contributed by atoms with E-state index in [0.717, 1.165) is 6.54 Å². The maximum absolute atomic E-state index is 5.40. The van der Waals surface area contributed by atoms with Crippen molar-refractivity contribution in [3.8, 4) is 0 Å². The minimum atomic E-state index is -0.135. The molecular weight excluding hydrogens is 166 g/mol. The van der Waals surface area contributed by atoms with Crippen LogP contribution < -0.4 is 5.32 Å². The third-order valence-electron chi connectivity index (χ3n) is 1.82. The standard InChI is InChI=1S/C10H23NO2/c1-6-13-10(12-5)9(4)11-7-8(2)3/h8-11H,6-7H2,1-5H3. The average molecular weight is 189 g/mol. The maximum Gasteiger partial charge on any atom is 0.172 e. The molecule has 0 heterocycles. The molecule has 0 amide bonds. The van der Waals surface area contributed by atoms with Crippen LogP contribution in [0.5, 0.6) is 0 Å². The van der Waals surface area contributed by atoms with Crippen molar-refractivity contribution in [3.63, 3.8) is 0 Å². The summed E-state index contributed by atoms with van der Waals surface area (Å²) in [6, 6.07) is 0.243. The highest BCUT2D eigenvalue weighted by atomic mass is 16.7. The quantitative estimate of drug-likeness (QED) is 0.617. The highest BCUT2D eigenvalue weighted by Crippen LogP contribution is 2.01. The Morgan fingerprint density at radius 3 is 2.23 bits per heavy atom. The Labute approximate surface area is 81.8 Å². The fourth-order valence-electron chi connectivity index (χ4n) is 1.10. The Morgan fingerprint density at radius 2 is 1.85 bits per heavy atom. The Morgan fingerprint density at radius 1 is 1.23 bits per heavy atom. The molecule has 3 heteroatoms. The van der Waals surface area contributed by atoms with E-state index in [1.54, 1.807) is 7.11 Å². The first-order valence-corrected chi connectivity index (χ1v) is 4.99. The number of rotatable bonds is 7. The van der Waals surface area contributed by atoms with E-state index in [4.69, 9.17) is 9.47 Å². The minimum absolute atomic E-state index is 0.135. The van der Waals surface area contributed by atoms with Crippen LogP contribution in [0.15, 0.2) is 0 Å². The van der Waals surface area contributed by atoms with Gasteiger partial charge in [0.1, 0.15) is 0 Å². The number of nitrogens with one attached hydrogen (secondary N) is 1. The number of methoxy groups -OCH3 is 1. The molecule has 0 saturated heterocycles. The van der Waals surface area contributed by atoms with Crippen molar-refractivity contribution >= 4 is 0 Å². The van der Waals surface area contributed by atoms with Crippen molar-refractivity contribution in [1.82, 2.24) is 5.32 Å². The minimum Gasteiger partial charge on any atom is -0.354 e. The molecule has 0 saturated carbocycles. The maximum atomic E-state index is 5.40. The molecule has 0 bridgehead atoms. The molecule has 0 aromatic carbocycles. The fourth-order valence-corrected chi connectivity index (χ4v) is 1.10. The number of hydrogen-bond acceptors (Lipinski definition) is 3. The lowest BCUT2D eigenvalue weighted by molar-refractivity contribution is -0.136. The van der Waals surface area contributed by atoms with Crippen LogP contribution in [0.2, 0.25) is 0 Å². The first-order valence-electron chi connectivity index (χ1n) is 4.99. The molecule has 2 unspecified atom stereocenters. The van der Waals surface area contributed by atoms with Crippen molar-refractivity contribution in [1.29, 1.82) is 0 Å². The van der Waals surface area contributed by atoms with Gasteiger partial charge in [-0.2, -0.15) is 0 Å². The third-order valence-corrected chi connectivity index (χ3v) is 1.82. The largest absolute Gasteiger partial charge is 0.354 e. The van der Waals surface area contributed by atoms with E-state index in [-0.39, 0.29) is 12.3 Å². The molecular formula is C10H23NO2. The zero-order valence-corrected chi connectivity index (χ0v) is 9.46. The summed E-state index contributed by atoms with van der Waals surface area (Å²) in [6.45, 7) is 10.1. The van der Waals surface area contributed by atoms with Gasteiger partial charge in [0.2, 0.25) is 0 Å². The van der Waals surface area contributed by atoms with E-state index < -0.39 is 0 Å².